The maximum absolute atomic E-state index is 12.9. The lowest BCUT2D eigenvalue weighted by Crippen LogP contribution is -2.45. The Hall–Kier alpha value is -3.35. The Morgan fingerprint density at radius 3 is 2.34 bits per heavy atom. The number of benzene rings is 2. The number of aliphatic carboxylic acids is 1. The maximum Gasteiger partial charge on any atom is 0.407 e. The monoisotopic (exact) mass is 476 g/mol. The molecule has 0 spiro atoms. The highest BCUT2D eigenvalue weighted by Gasteiger charge is 2.65. The number of carboxylic acid groups (broad SMARTS) is 1. The molecule has 2 amide bonds. The van der Waals surface area contributed by atoms with E-state index in [1.165, 1.54) is 11.1 Å². The van der Waals surface area contributed by atoms with E-state index >= 15 is 0 Å². The highest BCUT2D eigenvalue weighted by molar-refractivity contribution is 5.90. The summed E-state index contributed by atoms with van der Waals surface area (Å²) in [5.74, 6) is -1.00. The first-order chi connectivity index (χ1) is 16.9. The number of hydrogen-bond donors (Lipinski definition) is 3. The van der Waals surface area contributed by atoms with E-state index in [4.69, 9.17) is 4.74 Å². The van der Waals surface area contributed by atoms with E-state index in [0.717, 1.165) is 30.4 Å². The molecule has 4 atom stereocenters. The molecule has 0 heterocycles. The number of ether oxygens (including phenoxy) is 1. The Labute approximate surface area is 205 Å². The SMILES string of the molecule is CCCCC(NC(=O)[C@@]12C[C@@H](NC(=O)OCC3c4ccccc4-c4ccccc43)C[C@@H]1C2)C(=O)O. The molecule has 2 fully saturated rings. The van der Waals surface area contributed by atoms with Crippen LogP contribution in [0.1, 0.15) is 62.5 Å². The zero-order valence-electron chi connectivity index (χ0n) is 20.0. The molecule has 2 aromatic rings. The maximum atomic E-state index is 12.9. The minimum atomic E-state index is -0.994. The molecule has 0 radical (unpaired) electrons. The Morgan fingerprint density at radius 1 is 1.06 bits per heavy atom. The lowest BCUT2D eigenvalue weighted by atomic mass is 9.98. The van der Waals surface area contributed by atoms with Gasteiger partial charge in [-0.15, -0.1) is 0 Å². The van der Waals surface area contributed by atoms with E-state index in [9.17, 15) is 19.5 Å². The summed E-state index contributed by atoms with van der Waals surface area (Å²) in [7, 11) is 0. The first kappa shape index (κ1) is 23.4. The van der Waals surface area contributed by atoms with Crippen LogP contribution in [0.25, 0.3) is 11.1 Å². The largest absolute Gasteiger partial charge is 0.480 e. The van der Waals surface area contributed by atoms with Gasteiger partial charge in [0, 0.05) is 12.0 Å². The number of fused-ring (bicyclic) bond motifs is 4. The number of rotatable bonds is 9. The number of carbonyl (C=O) groups is 3. The van der Waals surface area contributed by atoms with Gasteiger partial charge in [0.05, 0.1) is 5.41 Å². The van der Waals surface area contributed by atoms with Crippen LogP contribution >= 0.6 is 0 Å². The van der Waals surface area contributed by atoms with Crippen molar-refractivity contribution in [3.05, 3.63) is 59.7 Å². The molecule has 3 aliphatic carbocycles. The molecule has 1 unspecified atom stereocenters. The summed E-state index contributed by atoms with van der Waals surface area (Å²) < 4.78 is 5.66. The third-order valence-electron chi connectivity index (χ3n) is 7.98. The molecule has 7 nitrogen and oxygen atoms in total. The van der Waals surface area contributed by atoms with Gasteiger partial charge in [0.25, 0.3) is 0 Å². The van der Waals surface area contributed by atoms with Crippen molar-refractivity contribution < 1.29 is 24.2 Å². The van der Waals surface area contributed by atoms with Crippen molar-refractivity contribution in [2.75, 3.05) is 6.61 Å². The van der Waals surface area contributed by atoms with E-state index in [-0.39, 0.29) is 30.4 Å². The predicted molar refractivity (Wildman–Crippen MR) is 131 cm³/mol. The van der Waals surface area contributed by atoms with Crippen LogP contribution < -0.4 is 10.6 Å². The number of hydrogen-bond acceptors (Lipinski definition) is 4. The van der Waals surface area contributed by atoms with Crippen LogP contribution in [0.5, 0.6) is 0 Å². The molecule has 0 aliphatic heterocycles. The summed E-state index contributed by atoms with van der Waals surface area (Å²) in [6, 6.07) is 15.4. The molecular weight excluding hydrogens is 444 g/mol. The first-order valence-corrected chi connectivity index (χ1v) is 12.6. The van der Waals surface area contributed by atoms with Crippen molar-refractivity contribution in [1.29, 1.82) is 0 Å². The van der Waals surface area contributed by atoms with Gasteiger partial charge in [0.2, 0.25) is 5.91 Å². The second-order valence-corrected chi connectivity index (χ2v) is 10.2. The minimum Gasteiger partial charge on any atom is -0.480 e. The predicted octanol–water partition coefficient (Wildman–Crippen LogP) is 4.45. The van der Waals surface area contributed by atoms with Crippen LogP contribution in [0.15, 0.2) is 48.5 Å². The van der Waals surface area contributed by atoms with Gasteiger partial charge in [0.1, 0.15) is 12.6 Å². The van der Waals surface area contributed by atoms with Crippen LogP contribution in [-0.4, -0.2) is 41.8 Å². The van der Waals surface area contributed by atoms with E-state index in [0.29, 0.717) is 19.3 Å². The van der Waals surface area contributed by atoms with Crippen molar-refractivity contribution in [1.82, 2.24) is 10.6 Å². The standard InChI is InChI=1S/C28H32N2O5/c1-2-3-12-24(25(31)32)30-26(33)28-14-17(28)13-18(15-28)29-27(34)35-16-23-21-10-6-4-8-19(21)20-9-5-7-11-22(20)23/h4-11,17-18,23-24H,2-3,12-16H2,1H3,(H,29,34)(H,30,33)(H,31,32)/t17-,18+,24?,28+/m1/s1. The minimum absolute atomic E-state index is 0.00155. The quantitative estimate of drug-likeness (QED) is 0.496. The third kappa shape index (κ3) is 4.40. The number of carbonyl (C=O) groups excluding carboxylic acids is 2. The highest BCUT2D eigenvalue weighted by atomic mass is 16.5. The third-order valence-corrected chi connectivity index (χ3v) is 7.98. The first-order valence-electron chi connectivity index (χ1n) is 12.6. The Kier molecular flexibility index (Phi) is 6.26. The van der Waals surface area contributed by atoms with Crippen molar-refractivity contribution in [2.24, 2.45) is 11.3 Å². The van der Waals surface area contributed by atoms with Gasteiger partial charge < -0.3 is 20.5 Å². The van der Waals surface area contributed by atoms with Crippen LogP contribution in [0.4, 0.5) is 4.79 Å². The van der Waals surface area contributed by atoms with Crippen molar-refractivity contribution in [3.8, 4) is 11.1 Å². The summed E-state index contributed by atoms with van der Waals surface area (Å²) in [6.07, 6.45) is 3.57. The molecule has 0 aromatic heterocycles. The van der Waals surface area contributed by atoms with E-state index in [1.54, 1.807) is 0 Å². The van der Waals surface area contributed by atoms with Gasteiger partial charge in [-0.05, 0) is 53.9 Å². The fourth-order valence-electron chi connectivity index (χ4n) is 6.06. The molecule has 0 bridgehead atoms. The molecule has 2 saturated carbocycles. The molecule has 35 heavy (non-hydrogen) atoms. The summed E-state index contributed by atoms with van der Waals surface area (Å²) in [5.41, 5.74) is 4.13. The number of amides is 2. The normalized spacial score (nSPS) is 24.6. The van der Waals surface area contributed by atoms with Gasteiger partial charge >= 0.3 is 12.1 Å². The van der Waals surface area contributed by atoms with Crippen molar-refractivity contribution in [3.63, 3.8) is 0 Å². The molecule has 3 N–H and O–H groups in total. The topological polar surface area (TPSA) is 105 Å². The van der Waals surface area contributed by atoms with Gasteiger partial charge in [-0.1, -0.05) is 68.3 Å². The van der Waals surface area contributed by atoms with E-state index in [1.807, 2.05) is 31.2 Å². The van der Waals surface area contributed by atoms with Gasteiger partial charge in [-0.3, -0.25) is 4.79 Å². The Bertz CT molecular complexity index is 1100. The van der Waals surface area contributed by atoms with E-state index < -0.39 is 23.5 Å². The number of nitrogens with one attached hydrogen (secondary N) is 2. The lowest BCUT2D eigenvalue weighted by Gasteiger charge is -2.21. The molecule has 3 aliphatic rings. The Balaban J connectivity index is 1.15. The van der Waals surface area contributed by atoms with Crippen molar-refractivity contribution in [2.45, 2.75) is 63.5 Å². The molecule has 7 heteroatoms. The zero-order chi connectivity index (χ0) is 24.6. The average molecular weight is 477 g/mol. The summed E-state index contributed by atoms with van der Waals surface area (Å²) in [4.78, 5) is 37.1. The number of carboxylic acids is 1. The molecule has 184 valence electrons. The lowest BCUT2D eigenvalue weighted by molar-refractivity contribution is -0.143. The summed E-state index contributed by atoms with van der Waals surface area (Å²) >= 11 is 0. The van der Waals surface area contributed by atoms with Crippen LogP contribution in [0, 0.1) is 11.3 Å². The second kappa shape index (κ2) is 9.36. The van der Waals surface area contributed by atoms with Crippen LogP contribution in [-0.2, 0) is 14.3 Å². The fraction of sp³-hybridized carbons (Fsp3) is 0.464. The van der Waals surface area contributed by atoms with Crippen LogP contribution in [0.2, 0.25) is 0 Å². The average Bonchev–Trinajstić information content (AvgIpc) is 3.28. The fourth-order valence-corrected chi connectivity index (χ4v) is 6.06. The number of unbranched alkanes of at least 4 members (excludes halogenated alkanes) is 1. The molecule has 0 saturated heterocycles. The van der Waals surface area contributed by atoms with Crippen molar-refractivity contribution >= 4 is 18.0 Å². The second-order valence-electron chi connectivity index (χ2n) is 10.2. The zero-order valence-corrected chi connectivity index (χ0v) is 20.0. The molecule has 5 rings (SSSR count). The molecular formula is C28H32N2O5. The Morgan fingerprint density at radius 2 is 1.71 bits per heavy atom. The van der Waals surface area contributed by atoms with Gasteiger partial charge in [-0.25, -0.2) is 9.59 Å². The summed E-state index contributed by atoms with van der Waals surface area (Å²) in [6.45, 7) is 2.24. The van der Waals surface area contributed by atoms with Crippen LogP contribution in [0.3, 0.4) is 0 Å². The molecule has 2 aromatic carbocycles. The summed E-state index contributed by atoms with van der Waals surface area (Å²) in [5, 5.41) is 15.1. The van der Waals surface area contributed by atoms with Gasteiger partial charge in [0.15, 0.2) is 0 Å². The van der Waals surface area contributed by atoms with E-state index in [2.05, 4.69) is 34.9 Å². The number of alkyl carbamates (subject to hydrolysis) is 1. The highest BCUT2D eigenvalue weighted by Crippen LogP contribution is 2.63. The smallest absolute Gasteiger partial charge is 0.407 e. The van der Waals surface area contributed by atoms with Gasteiger partial charge in [-0.2, -0.15) is 0 Å².